The summed E-state index contributed by atoms with van der Waals surface area (Å²) in [5.41, 5.74) is 0. The molecule has 0 saturated carbocycles. The quantitative estimate of drug-likeness (QED) is 0.369. The van der Waals surface area contributed by atoms with Gasteiger partial charge in [-0.15, -0.1) is 0 Å². The Bertz CT molecular complexity index is 109. The molecule has 0 rings (SSSR count). The molecule has 0 aromatic carbocycles. The predicted octanol–water partition coefficient (Wildman–Crippen LogP) is -4.96. The maximum Gasteiger partial charge on any atom is 0.0780 e. The van der Waals surface area contributed by atoms with Crippen LogP contribution in [0.25, 0.3) is 0 Å². The normalized spacial score (nSPS) is 9.75. The highest BCUT2D eigenvalue weighted by atomic mass is 79.9. The second-order valence-corrected chi connectivity index (χ2v) is 5.57. The van der Waals surface area contributed by atoms with Crippen molar-refractivity contribution in [1.29, 1.82) is 0 Å². The first-order valence-electron chi connectivity index (χ1n) is 5.86. The standard InChI is InChI=1S/C9H22N.C3H9N.2BrH/c1-5-6-7-8-9-10(2,3)4;1-4(2)3;;/h5-9H2,1-4H3;1-3H3;2*1H/q+1;;;/p-1. The van der Waals surface area contributed by atoms with Crippen LogP contribution in [0.3, 0.4) is 0 Å². The molecule has 0 aromatic heterocycles. The van der Waals surface area contributed by atoms with Gasteiger partial charge in [0.25, 0.3) is 0 Å². The minimum absolute atomic E-state index is 0. The molecule has 0 radical (unpaired) electrons. The fourth-order valence-electron chi connectivity index (χ4n) is 1.01. The van der Waals surface area contributed by atoms with Gasteiger partial charge >= 0.3 is 0 Å². The summed E-state index contributed by atoms with van der Waals surface area (Å²) in [7, 11) is 13.0. The average Bonchev–Trinajstić information content (AvgIpc) is 1.95. The molecule has 1 N–H and O–H groups in total. The van der Waals surface area contributed by atoms with Gasteiger partial charge in [-0.1, -0.05) is 19.8 Å². The fraction of sp³-hybridized carbons (Fsp3) is 1.00. The minimum Gasteiger partial charge on any atom is -1.00 e. The van der Waals surface area contributed by atoms with Crippen LogP contribution in [0, 0.1) is 0 Å². The highest BCUT2D eigenvalue weighted by Gasteiger charge is 2.04. The molecule has 0 aliphatic carbocycles. The van der Waals surface area contributed by atoms with Gasteiger partial charge in [0.15, 0.2) is 0 Å². The molecule has 0 amide bonds. The number of quaternary nitrogens is 2. The molecule has 0 aromatic rings. The molecule has 0 aliphatic heterocycles. The van der Waals surface area contributed by atoms with Crippen LogP contribution in [0.15, 0.2) is 0 Å². The van der Waals surface area contributed by atoms with E-state index in [1.807, 2.05) is 0 Å². The van der Waals surface area contributed by atoms with Gasteiger partial charge in [-0.05, 0) is 12.8 Å². The SMILES string of the molecule is CCCCCC[N+](C)(C)C.C[NH+](C)C.[Br-].[Br-]. The van der Waals surface area contributed by atoms with Crippen molar-refractivity contribution in [2.45, 2.75) is 32.6 Å². The van der Waals surface area contributed by atoms with Crippen LogP contribution in [0.4, 0.5) is 0 Å². The van der Waals surface area contributed by atoms with E-state index in [4.69, 9.17) is 0 Å². The number of nitrogens with zero attached hydrogens (tertiary/aromatic N) is 1. The Hall–Kier alpha value is 0.880. The van der Waals surface area contributed by atoms with E-state index in [-0.39, 0.29) is 34.0 Å². The van der Waals surface area contributed by atoms with E-state index in [2.05, 4.69) is 49.2 Å². The van der Waals surface area contributed by atoms with Crippen molar-refractivity contribution in [3.05, 3.63) is 0 Å². The molecule has 16 heavy (non-hydrogen) atoms. The topological polar surface area (TPSA) is 4.44 Å². The van der Waals surface area contributed by atoms with Gasteiger partial charge in [-0.3, -0.25) is 0 Å². The first kappa shape index (κ1) is 25.7. The first-order valence-corrected chi connectivity index (χ1v) is 5.86. The van der Waals surface area contributed by atoms with Gasteiger partial charge in [0, 0.05) is 0 Å². The summed E-state index contributed by atoms with van der Waals surface area (Å²) in [5.74, 6) is 0. The summed E-state index contributed by atoms with van der Waals surface area (Å²) in [4.78, 5) is 1.42. The van der Waals surface area contributed by atoms with Crippen LogP contribution in [0.2, 0.25) is 0 Å². The fourth-order valence-corrected chi connectivity index (χ4v) is 1.01. The molecule has 2 nitrogen and oxygen atoms in total. The molecule has 0 unspecified atom stereocenters. The van der Waals surface area contributed by atoms with Crippen LogP contribution in [-0.4, -0.2) is 53.3 Å². The van der Waals surface area contributed by atoms with Gasteiger partial charge in [0.2, 0.25) is 0 Å². The van der Waals surface area contributed by atoms with Crippen LogP contribution in [-0.2, 0) is 0 Å². The third-order valence-corrected chi connectivity index (χ3v) is 1.68. The molecule has 0 spiro atoms. The van der Waals surface area contributed by atoms with Crippen molar-refractivity contribution < 1.29 is 43.3 Å². The lowest BCUT2D eigenvalue weighted by molar-refractivity contribution is -0.870. The van der Waals surface area contributed by atoms with Crippen LogP contribution in [0.1, 0.15) is 32.6 Å². The van der Waals surface area contributed by atoms with E-state index in [1.54, 1.807) is 0 Å². The van der Waals surface area contributed by atoms with E-state index in [0.717, 1.165) is 4.48 Å². The second-order valence-electron chi connectivity index (χ2n) is 5.57. The molecule has 0 atom stereocenters. The molecular formula is C12H32Br2N2. The largest absolute Gasteiger partial charge is 1.00 e. The predicted molar refractivity (Wildman–Crippen MR) is 65.8 cm³/mol. The van der Waals surface area contributed by atoms with Crippen molar-refractivity contribution in [3.63, 3.8) is 0 Å². The molecule has 0 bridgehead atoms. The van der Waals surface area contributed by atoms with E-state index >= 15 is 0 Å². The lowest BCUT2D eigenvalue weighted by Crippen LogP contribution is -3.02. The number of unbranched alkanes of at least 4 members (excludes halogenated alkanes) is 3. The monoisotopic (exact) mass is 362 g/mol. The maximum absolute atomic E-state index is 2.26. The third-order valence-electron chi connectivity index (χ3n) is 1.68. The van der Waals surface area contributed by atoms with Crippen LogP contribution in [0.5, 0.6) is 0 Å². The van der Waals surface area contributed by atoms with E-state index < -0.39 is 0 Å². The van der Waals surface area contributed by atoms with Crippen molar-refractivity contribution >= 4 is 0 Å². The molecule has 0 fully saturated rings. The van der Waals surface area contributed by atoms with Crippen molar-refractivity contribution in [2.75, 3.05) is 48.8 Å². The number of hydrogen-bond donors (Lipinski definition) is 1. The number of halogens is 2. The minimum atomic E-state index is 0. The summed E-state index contributed by atoms with van der Waals surface area (Å²) >= 11 is 0. The summed E-state index contributed by atoms with van der Waals surface area (Å²) in [5, 5.41) is 0. The Morgan fingerprint density at radius 2 is 1.19 bits per heavy atom. The maximum atomic E-state index is 2.26. The van der Waals surface area contributed by atoms with Crippen LogP contribution >= 0.6 is 0 Å². The Kier molecular flexibility index (Phi) is 25.5. The summed E-state index contributed by atoms with van der Waals surface area (Å²) in [6, 6.07) is 0. The Balaban J connectivity index is -0.000000105. The number of hydrogen-bond acceptors (Lipinski definition) is 0. The van der Waals surface area contributed by atoms with Crippen molar-refractivity contribution in [1.82, 2.24) is 0 Å². The van der Waals surface area contributed by atoms with Gasteiger partial charge < -0.3 is 43.3 Å². The molecule has 4 heteroatoms. The molecular weight excluding hydrogens is 332 g/mol. The van der Waals surface area contributed by atoms with Gasteiger partial charge in [0.05, 0.1) is 48.8 Å². The lowest BCUT2D eigenvalue weighted by Gasteiger charge is -2.23. The summed E-state index contributed by atoms with van der Waals surface area (Å²) in [6.07, 6.45) is 5.54. The molecule has 0 heterocycles. The lowest BCUT2D eigenvalue weighted by atomic mass is 10.2. The number of rotatable bonds is 5. The van der Waals surface area contributed by atoms with Crippen molar-refractivity contribution in [3.8, 4) is 0 Å². The zero-order valence-electron chi connectivity index (χ0n) is 12.2. The highest BCUT2D eigenvalue weighted by molar-refractivity contribution is 4.38. The summed E-state index contributed by atoms with van der Waals surface area (Å²) < 4.78 is 1.11. The average molecular weight is 364 g/mol. The third kappa shape index (κ3) is 46.2. The molecule has 0 saturated heterocycles. The zero-order chi connectivity index (χ0) is 11.6. The highest BCUT2D eigenvalue weighted by Crippen LogP contribution is 2.01. The Morgan fingerprint density at radius 1 is 0.812 bits per heavy atom. The number of nitrogens with one attached hydrogen (secondary N) is 1. The van der Waals surface area contributed by atoms with Crippen LogP contribution < -0.4 is 38.9 Å². The van der Waals surface area contributed by atoms with E-state index in [9.17, 15) is 0 Å². The zero-order valence-corrected chi connectivity index (χ0v) is 15.4. The Labute approximate surface area is 125 Å². The van der Waals surface area contributed by atoms with Gasteiger partial charge in [0.1, 0.15) is 0 Å². The first-order chi connectivity index (χ1) is 6.29. The smallest absolute Gasteiger partial charge is 0.0780 e. The van der Waals surface area contributed by atoms with E-state index in [1.165, 1.54) is 37.1 Å². The molecule has 0 aliphatic rings. The van der Waals surface area contributed by atoms with Gasteiger partial charge in [-0.2, -0.15) is 0 Å². The van der Waals surface area contributed by atoms with Gasteiger partial charge in [-0.25, -0.2) is 0 Å². The second kappa shape index (κ2) is 15.9. The summed E-state index contributed by atoms with van der Waals surface area (Å²) in [6.45, 7) is 3.58. The molecule has 104 valence electrons. The Morgan fingerprint density at radius 3 is 1.44 bits per heavy atom. The van der Waals surface area contributed by atoms with Crippen molar-refractivity contribution in [2.24, 2.45) is 0 Å². The van der Waals surface area contributed by atoms with E-state index in [0.29, 0.717) is 0 Å².